The molecule has 1 aliphatic heterocycles. The number of nitrogens with one attached hydrogen (secondary N) is 1. The zero-order valence-electron chi connectivity index (χ0n) is 15.0. The van der Waals surface area contributed by atoms with Crippen molar-refractivity contribution in [3.05, 3.63) is 35.4 Å². The summed E-state index contributed by atoms with van der Waals surface area (Å²) in [6.45, 7) is 12.2. The summed E-state index contributed by atoms with van der Waals surface area (Å²) in [6, 6.07) is 8.41. The molecule has 0 aromatic heterocycles. The zero-order valence-corrected chi connectivity index (χ0v) is 16.6. The first-order valence-corrected chi connectivity index (χ1v) is 8.48. The van der Waals surface area contributed by atoms with Gasteiger partial charge in [-0.05, 0) is 44.1 Å². The number of hydrogen-bond acceptors (Lipinski definition) is 3. The Kier molecular flexibility index (Phi) is 11.3. The minimum Gasteiger partial charge on any atom is -0.333 e. The average Bonchev–Trinajstić information content (AvgIpc) is 2.55. The standard InChI is InChI=1S/C18H29N3O.2ClH/c1-4-11-20(5-2)14-16-6-8-17(9-7-16)18(22)21-12-10-19-13-15(21)3;;/h6-9,15,19H,4-5,10-14H2,1-3H3;2*1H/t15-;;/m0../s1. The van der Waals surface area contributed by atoms with Crippen LogP contribution in [0.3, 0.4) is 0 Å². The largest absolute Gasteiger partial charge is 0.333 e. The summed E-state index contributed by atoms with van der Waals surface area (Å²) in [5.41, 5.74) is 2.08. The first kappa shape index (κ1) is 23.2. The lowest BCUT2D eigenvalue weighted by atomic mass is 10.1. The van der Waals surface area contributed by atoms with E-state index in [0.29, 0.717) is 0 Å². The molecule has 0 radical (unpaired) electrons. The number of amides is 1. The van der Waals surface area contributed by atoms with Gasteiger partial charge in [-0.2, -0.15) is 0 Å². The van der Waals surface area contributed by atoms with Gasteiger partial charge in [0.25, 0.3) is 5.91 Å². The average molecular weight is 376 g/mol. The van der Waals surface area contributed by atoms with Crippen LogP contribution in [0.5, 0.6) is 0 Å². The molecule has 1 atom stereocenters. The van der Waals surface area contributed by atoms with E-state index < -0.39 is 0 Å². The van der Waals surface area contributed by atoms with E-state index >= 15 is 0 Å². The Hall–Kier alpha value is -0.810. The van der Waals surface area contributed by atoms with Crippen molar-refractivity contribution >= 4 is 30.7 Å². The van der Waals surface area contributed by atoms with E-state index in [-0.39, 0.29) is 36.8 Å². The molecule has 0 saturated carbocycles. The van der Waals surface area contributed by atoms with Gasteiger partial charge in [-0.15, -0.1) is 24.8 Å². The molecule has 24 heavy (non-hydrogen) atoms. The third-order valence-electron chi connectivity index (χ3n) is 4.36. The third kappa shape index (κ3) is 6.25. The van der Waals surface area contributed by atoms with Gasteiger partial charge in [0.2, 0.25) is 0 Å². The summed E-state index contributed by atoms with van der Waals surface area (Å²) in [4.78, 5) is 17.0. The highest BCUT2D eigenvalue weighted by Gasteiger charge is 2.23. The van der Waals surface area contributed by atoms with Crippen LogP contribution in [0.2, 0.25) is 0 Å². The minimum atomic E-state index is 0. The SMILES string of the molecule is CCCN(CC)Cc1ccc(C(=O)N2CCNC[C@@H]2C)cc1.Cl.Cl. The first-order valence-electron chi connectivity index (χ1n) is 8.48. The van der Waals surface area contributed by atoms with Crippen LogP contribution in [0, 0.1) is 0 Å². The van der Waals surface area contributed by atoms with Gasteiger partial charge in [-0.25, -0.2) is 0 Å². The van der Waals surface area contributed by atoms with Crippen LogP contribution in [-0.4, -0.2) is 54.5 Å². The Morgan fingerprint density at radius 1 is 1.25 bits per heavy atom. The lowest BCUT2D eigenvalue weighted by molar-refractivity contribution is 0.0655. The highest BCUT2D eigenvalue weighted by atomic mass is 35.5. The Morgan fingerprint density at radius 3 is 2.46 bits per heavy atom. The number of halogens is 2. The van der Waals surface area contributed by atoms with Crippen molar-refractivity contribution in [2.45, 2.75) is 39.8 Å². The zero-order chi connectivity index (χ0) is 15.9. The maximum atomic E-state index is 12.6. The van der Waals surface area contributed by atoms with E-state index in [1.54, 1.807) is 0 Å². The maximum Gasteiger partial charge on any atom is 0.254 e. The summed E-state index contributed by atoms with van der Waals surface area (Å²) in [5.74, 6) is 0.154. The molecule has 0 aliphatic carbocycles. The van der Waals surface area contributed by atoms with Crippen LogP contribution in [-0.2, 0) is 6.54 Å². The van der Waals surface area contributed by atoms with Crippen molar-refractivity contribution in [3.63, 3.8) is 0 Å². The fraction of sp³-hybridized carbons (Fsp3) is 0.611. The Bertz CT molecular complexity index is 482. The molecule has 1 fully saturated rings. The normalized spacial score (nSPS) is 17.2. The minimum absolute atomic E-state index is 0. The number of nitrogens with zero attached hydrogens (tertiary/aromatic N) is 2. The maximum absolute atomic E-state index is 12.6. The van der Waals surface area contributed by atoms with Crippen LogP contribution >= 0.6 is 24.8 Å². The number of carbonyl (C=O) groups excluding carboxylic acids is 1. The molecule has 1 heterocycles. The van der Waals surface area contributed by atoms with Crippen molar-refractivity contribution in [1.82, 2.24) is 15.1 Å². The van der Waals surface area contributed by atoms with Crippen LogP contribution < -0.4 is 5.32 Å². The number of carbonyl (C=O) groups is 1. The third-order valence-corrected chi connectivity index (χ3v) is 4.36. The molecule has 6 heteroatoms. The highest BCUT2D eigenvalue weighted by molar-refractivity contribution is 5.94. The first-order chi connectivity index (χ1) is 10.7. The summed E-state index contributed by atoms with van der Waals surface area (Å²) in [5, 5.41) is 3.32. The lowest BCUT2D eigenvalue weighted by Gasteiger charge is -2.34. The van der Waals surface area contributed by atoms with Gasteiger partial charge in [0.05, 0.1) is 0 Å². The van der Waals surface area contributed by atoms with E-state index in [4.69, 9.17) is 0 Å². The Labute approximate surface area is 158 Å². The topological polar surface area (TPSA) is 35.6 Å². The number of piperazine rings is 1. The molecule has 1 aromatic rings. The number of hydrogen-bond donors (Lipinski definition) is 1. The molecule has 1 saturated heterocycles. The van der Waals surface area contributed by atoms with Gasteiger partial charge >= 0.3 is 0 Å². The lowest BCUT2D eigenvalue weighted by Crippen LogP contribution is -2.52. The molecule has 1 N–H and O–H groups in total. The van der Waals surface area contributed by atoms with Gasteiger partial charge < -0.3 is 10.2 Å². The molecule has 1 amide bonds. The van der Waals surface area contributed by atoms with Crippen molar-refractivity contribution in [2.24, 2.45) is 0 Å². The molecular weight excluding hydrogens is 345 g/mol. The van der Waals surface area contributed by atoms with E-state index in [1.165, 1.54) is 12.0 Å². The van der Waals surface area contributed by atoms with Gasteiger partial charge in [0.1, 0.15) is 0 Å². The highest BCUT2D eigenvalue weighted by Crippen LogP contribution is 2.13. The van der Waals surface area contributed by atoms with Crippen molar-refractivity contribution < 1.29 is 4.79 Å². The summed E-state index contributed by atoms with van der Waals surface area (Å²) in [6.07, 6.45) is 1.17. The molecule has 1 aromatic carbocycles. The van der Waals surface area contributed by atoms with Crippen LogP contribution in [0.15, 0.2) is 24.3 Å². The number of benzene rings is 1. The second-order valence-electron chi connectivity index (χ2n) is 6.12. The molecular formula is C18H31Cl2N3O. The molecule has 2 rings (SSSR count). The molecule has 138 valence electrons. The van der Waals surface area contributed by atoms with E-state index in [2.05, 4.69) is 43.1 Å². The van der Waals surface area contributed by atoms with Crippen LogP contribution in [0.1, 0.15) is 43.1 Å². The molecule has 4 nitrogen and oxygen atoms in total. The predicted octanol–water partition coefficient (Wildman–Crippen LogP) is 3.20. The quantitative estimate of drug-likeness (QED) is 0.828. The van der Waals surface area contributed by atoms with Gasteiger partial charge in [0.15, 0.2) is 0 Å². The molecule has 0 unspecified atom stereocenters. The fourth-order valence-corrected chi connectivity index (χ4v) is 2.98. The van der Waals surface area contributed by atoms with Gasteiger partial charge in [-0.1, -0.05) is 26.0 Å². The predicted molar refractivity (Wildman–Crippen MR) is 106 cm³/mol. The van der Waals surface area contributed by atoms with Gasteiger partial charge in [-0.3, -0.25) is 9.69 Å². The summed E-state index contributed by atoms with van der Waals surface area (Å²) >= 11 is 0. The van der Waals surface area contributed by atoms with Crippen LogP contribution in [0.25, 0.3) is 0 Å². The second-order valence-corrected chi connectivity index (χ2v) is 6.12. The van der Waals surface area contributed by atoms with Crippen molar-refractivity contribution in [3.8, 4) is 0 Å². The molecule has 0 bridgehead atoms. The van der Waals surface area contributed by atoms with Gasteiger partial charge in [0, 0.05) is 37.8 Å². The van der Waals surface area contributed by atoms with Crippen molar-refractivity contribution in [1.29, 1.82) is 0 Å². The van der Waals surface area contributed by atoms with E-state index in [9.17, 15) is 4.79 Å². The Balaban J connectivity index is 0.00000264. The van der Waals surface area contributed by atoms with Crippen molar-refractivity contribution in [2.75, 3.05) is 32.7 Å². The molecule has 0 spiro atoms. The van der Waals surface area contributed by atoms with E-state index in [1.807, 2.05) is 17.0 Å². The summed E-state index contributed by atoms with van der Waals surface area (Å²) < 4.78 is 0. The number of rotatable bonds is 6. The van der Waals surface area contributed by atoms with Crippen LogP contribution in [0.4, 0.5) is 0 Å². The smallest absolute Gasteiger partial charge is 0.254 e. The summed E-state index contributed by atoms with van der Waals surface area (Å²) in [7, 11) is 0. The Morgan fingerprint density at radius 2 is 1.92 bits per heavy atom. The van der Waals surface area contributed by atoms with E-state index in [0.717, 1.165) is 44.8 Å². The monoisotopic (exact) mass is 375 g/mol. The second kappa shape index (κ2) is 11.7. The molecule has 1 aliphatic rings. The fourth-order valence-electron chi connectivity index (χ4n) is 2.98.